The van der Waals surface area contributed by atoms with Crippen molar-refractivity contribution in [2.24, 2.45) is 0 Å². The molecule has 1 saturated heterocycles. The number of aliphatic hydroxyl groups excluding tert-OH is 1. The van der Waals surface area contributed by atoms with Crippen LogP contribution in [-0.2, 0) is 20.9 Å². The average Bonchev–Trinajstić information content (AvgIpc) is 3.22. The molecule has 1 heterocycles. The third-order valence-corrected chi connectivity index (χ3v) is 7.03. The van der Waals surface area contributed by atoms with Gasteiger partial charge in [0.05, 0.1) is 18.2 Å². The molecule has 0 radical (unpaired) electrons. The highest BCUT2D eigenvalue weighted by Gasteiger charge is 2.45. The van der Waals surface area contributed by atoms with Crippen molar-refractivity contribution < 1.29 is 28.9 Å². The van der Waals surface area contributed by atoms with Crippen molar-refractivity contribution in [3.8, 4) is 11.5 Å². The highest BCUT2D eigenvalue weighted by atomic mass is 16.5. The molecule has 1 unspecified atom stereocenters. The molecular formula is C33H37NO6. The number of hydrogen-bond donors (Lipinski definition) is 1. The lowest BCUT2D eigenvalue weighted by molar-refractivity contribution is -0.140. The number of Topliss-reactive ketones (excluding diaryl/α,β-unsaturated/α-hetero) is 1. The number of benzene rings is 3. The molecule has 1 atom stereocenters. The highest BCUT2D eigenvalue weighted by Crippen LogP contribution is 2.40. The van der Waals surface area contributed by atoms with Crippen molar-refractivity contribution in [1.82, 2.24) is 4.90 Å². The fraction of sp³-hybridized carbons (Fsp3) is 0.333. The molecule has 40 heavy (non-hydrogen) atoms. The Morgan fingerprint density at radius 2 is 1.55 bits per heavy atom. The van der Waals surface area contributed by atoms with Gasteiger partial charge >= 0.3 is 0 Å². The maximum Gasteiger partial charge on any atom is 0.295 e. The van der Waals surface area contributed by atoms with Gasteiger partial charge in [-0.25, -0.2) is 0 Å². The maximum absolute atomic E-state index is 13.3. The number of amides is 1. The Morgan fingerprint density at radius 1 is 0.875 bits per heavy atom. The number of ether oxygens (including phenoxy) is 3. The molecule has 0 aromatic heterocycles. The maximum atomic E-state index is 13.3. The summed E-state index contributed by atoms with van der Waals surface area (Å²) in [4.78, 5) is 27.9. The van der Waals surface area contributed by atoms with Crippen LogP contribution in [-0.4, -0.2) is 48.6 Å². The summed E-state index contributed by atoms with van der Waals surface area (Å²) in [6, 6.07) is 21.5. The molecule has 1 N–H and O–H groups in total. The molecule has 1 aliphatic rings. The number of carbonyl (C=O) groups excluding carboxylic acids is 2. The van der Waals surface area contributed by atoms with Gasteiger partial charge in [0.25, 0.3) is 11.7 Å². The summed E-state index contributed by atoms with van der Waals surface area (Å²) in [6.45, 7) is 5.95. The Morgan fingerprint density at radius 3 is 2.23 bits per heavy atom. The Kier molecular flexibility index (Phi) is 9.97. The molecule has 1 amide bonds. The van der Waals surface area contributed by atoms with E-state index in [1.165, 1.54) is 4.90 Å². The van der Waals surface area contributed by atoms with E-state index in [0.717, 1.165) is 35.3 Å². The minimum atomic E-state index is -0.724. The first-order valence-electron chi connectivity index (χ1n) is 13.7. The molecule has 1 fully saturated rings. The molecule has 1 aliphatic heterocycles. The Balaban J connectivity index is 1.61. The van der Waals surface area contributed by atoms with E-state index in [2.05, 4.69) is 6.92 Å². The number of nitrogens with zero attached hydrogens (tertiary/aromatic N) is 1. The van der Waals surface area contributed by atoms with E-state index in [-0.39, 0.29) is 11.3 Å². The van der Waals surface area contributed by atoms with E-state index in [0.29, 0.717) is 44.1 Å². The summed E-state index contributed by atoms with van der Waals surface area (Å²) >= 11 is 0. The van der Waals surface area contributed by atoms with Gasteiger partial charge in [-0.15, -0.1) is 0 Å². The molecule has 3 aromatic rings. The second kappa shape index (κ2) is 13.8. The summed E-state index contributed by atoms with van der Waals surface area (Å²) in [7, 11) is 1.59. The molecule has 0 spiro atoms. The Bertz CT molecular complexity index is 1330. The van der Waals surface area contributed by atoms with Crippen LogP contribution < -0.4 is 9.47 Å². The first-order valence-corrected chi connectivity index (χ1v) is 13.7. The third-order valence-electron chi connectivity index (χ3n) is 7.03. The minimum Gasteiger partial charge on any atom is -0.507 e. The third kappa shape index (κ3) is 6.72. The fourth-order valence-corrected chi connectivity index (χ4v) is 4.71. The predicted octanol–water partition coefficient (Wildman–Crippen LogP) is 6.21. The standard InChI is InChI=1S/C33H37NO6/c1-4-5-21-39-27-15-11-24(12-16-27)30-29(32(36)33(37)34(30)19-8-20-38-3)31(35)25-13-17-28(18-14-25)40-22-26-10-7-6-9-23(26)2/h6-7,9-18,30,35H,4-5,8,19-22H2,1-3H3. The van der Waals surface area contributed by atoms with Crippen LogP contribution in [0.15, 0.2) is 78.4 Å². The molecule has 0 bridgehead atoms. The van der Waals surface area contributed by atoms with Gasteiger partial charge in [0.1, 0.15) is 23.9 Å². The van der Waals surface area contributed by atoms with Crippen LogP contribution in [0.2, 0.25) is 0 Å². The average molecular weight is 544 g/mol. The van der Waals surface area contributed by atoms with Crippen molar-refractivity contribution in [3.05, 3.63) is 101 Å². The van der Waals surface area contributed by atoms with Gasteiger partial charge in [0.15, 0.2) is 0 Å². The van der Waals surface area contributed by atoms with Crippen LogP contribution in [0.3, 0.4) is 0 Å². The zero-order chi connectivity index (χ0) is 28.5. The van der Waals surface area contributed by atoms with Gasteiger partial charge in [-0.3, -0.25) is 9.59 Å². The predicted molar refractivity (Wildman–Crippen MR) is 154 cm³/mol. The van der Waals surface area contributed by atoms with Gasteiger partial charge < -0.3 is 24.2 Å². The zero-order valence-corrected chi connectivity index (χ0v) is 23.4. The SMILES string of the molecule is CCCCOc1ccc(C2C(=C(O)c3ccc(OCc4ccccc4C)cc3)C(=O)C(=O)N2CCCOC)cc1. The lowest BCUT2D eigenvalue weighted by Crippen LogP contribution is -2.31. The van der Waals surface area contributed by atoms with Crippen molar-refractivity contribution in [3.63, 3.8) is 0 Å². The molecule has 0 aliphatic carbocycles. The Labute approximate surface area is 236 Å². The number of methoxy groups -OCH3 is 1. The zero-order valence-electron chi connectivity index (χ0n) is 23.4. The van der Waals surface area contributed by atoms with Crippen LogP contribution in [0, 0.1) is 6.92 Å². The van der Waals surface area contributed by atoms with Crippen LogP contribution in [0.25, 0.3) is 5.76 Å². The lowest BCUT2D eigenvalue weighted by Gasteiger charge is -2.25. The number of carbonyl (C=O) groups is 2. The van der Waals surface area contributed by atoms with Gasteiger partial charge in [-0.05, 0) is 72.9 Å². The number of ketones is 1. The van der Waals surface area contributed by atoms with Crippen LogP contribution in [0.4, 0.5) is 0 Å². The van der Waals surface area contributed by atoms with Crippen molar-refractivity contribution in [2.45, 2.75) is 45.8 Å². The van der Waals surface area contributed by atoms with Crippen LogP contribution in [0.1, 0.15) is 54.5 Å². The first-order chi connectivity index (χ1) is 19.4. The fourth-order valence-electron chi connectivity index (χ4n) is 4.71. The summed E-state index contributed by atoms with van der Waals surface area (Å²) in [5.41, 5.74) is 3.45. The van der Waals surface area contributed by atoms with E-state index in [1.54, 1.807) is 31.4 Å². The van der Waals surface area contributed by atoms with Gasteiger partial charge in [0, 0.05) is 25.8 Å². The number of aliphatic hydroxyl groups is 1. The Hall–Kier alpha value is -4.10. The van der Waals surface area contributed by atoms with Crippen LogP contribution in [0.5, 0.6) is 11.5 Å². The lowest BCUT2D eigenvalue weighted by atomic mass is 9.95. The topological polar surface area (TPSA) is 85.3 Å². The summed E-state index contributed by atoms with van der Waals surface area (Å²) in [5, 5.41) is 11.4. The number of aryl methyl sites for hydroxylation is 1. The van der Waals surface area contributed by atoms with Crippen molar-refractivity contribution in [1.29, 1.82) is 0 Å². The second-order valence-corrected chi connectivity index (χ2v) is 9.85. The van der Waals surface area contributed by atoms with Crippen molar-refractivity contribution >= 4 is 17.4 Å². The molecule has 3 aromatic carbocycles. The molecule has 7 nitrogen and oxygen atoms in total. The minimum absolute atomic E-state index is 0.0654. The molecular weight excluding hydrogens is 506 g/mol. The summed E-state index contributed by atoms with van der Waals surface area (Å²) < 4.78 is 16.9. The van der Waals surface area contributed by atoms with E-state index < -0.39 is 17.7 Å². The molecule has 210 valence electrons. The smallest absolute Gasteiger partial charge is 0.295 e. The largest absolute Gasteiger partial charge is 0.507 e. The number of unbranched alkanes of at least 4 members (excludes halogenated alkanes) is 1. The quantitative estimate of drug-likeness (QED) is 0.119. The van der Waals surface area contributed by atoms with Crippen molar-refractivity contribution in [2.75, 3.05) is 26.9 Å². The normalized spacial score (nSPS) is 16.4. The highest BCUT2D eigenvalue weighted by molar-refractivity contribution is 6.46. The van der Waals surface area contributed by atoms with E-state index in [9.17, 15) is 14.7 Å². The molecule has 7 heteroatoms. The summed E-state index contributed by atoms with van der Waals surface area (Å²) in [6.07, 6.45) is 2.55. The summed E-state index contributed by atoms with van der Waals surface area (Å²) in [5.74, 6) is -0.205. The van der Waals surface area contributed by atoms with Gasteiger partial charge in [-0.1, -0.05) is 49.7 Å². The molecule has 0 saturated carbocycles. The van der Waals surface area contributed by atoms with E-state index in [4.69, 9.17) is 14.2 Å². The number of hydrogen-bond acceptors (Lipinski definition) is 6. The second-order valence-electron chi connectivity index (χ2n) is 9.85. The number of likely N-dealkylation sites (tertiary alicyclic amines) is 1. The first kappa shape index (κ1) is 28.9. The van der Waals surface area contributed by atoms with E-state index in [1.807, 2.05) is 55.5 Å². The van der Waals surface area contributed by atoms with E-state index >= 15 is 0 Å². The number of rotatable bonds is 13. The molecule has 4 rings (SSSR count). The van der Waals surface area contributed by atoms with Crippen LogP contribution >= 0.6 is 0 Å². The van der Waals surface area contributed by atoms with Gasteiger partial charge in [0.2, 0.25) is 0 Å². The van der Waals surface area contributed by atoms with Gasteiger partial charge in [-0.2, -0.15) is 0 Å². The monoisotopic (exact) mass is 543 g/mol.